The van der Waals surface area contributed by atoms with Crippen LogP contribution in [0, 0.1) is 5.92 Å². The second-order valence-corrected chi connectivity index (χ2v) is 5.56. The van der Waals surface area contributed by atoms with Crippen molar-refractivity contribution in [1.29, 1.82) is 0 Å². The van der Waals surface area contributed by atoms with Gasteiger partial charge in [-0.2, -0.15) is 5.10 Å². The Morgan fingerprint density at radius 2 is 2.05 bits per heavy atom. The lowest BCUT2D eigenvalue weighted by atomic mass is 9.83. The normalized spacial score (nSPS) is 20.9. The van der Waals surface area contributed by atoms with Gasteiger partial charge in [0.05, 0.1) is 5.71 Å². The van der Waals surface area contributed by atoms with E-state index in [1.165, 1.54) is 17.6 Å². The number of allylic oxidation sites excluding steroid dienone is 2. The number of hydrazone groups is 1. The van der Waals surface area contributed by atoms with Gasteiger partial charge in [0.1, 0.15) is 0 Å². The van der Waals surface area contributed by atoms with E-state index in [2.05, 4.69) is 36.3 Å². The molecule has 0 radical (unpaired) electrons. The molecule has 0 spiro atoms. The lowest BCUT2D eigenvalue weighted by Gasteiger charge is -2.23. The minimum absolute atomic E-state index is 0.189. The molecule has 4 heteroatoms. The number of aromatic nitrogens is 1. The highest BCUT2D eigenvalue weighted by Crippen LogP contribution is 2.27. The van der Waals surface area contributed by atoms with Crippen LogP contribution in [0.15, 0.2) is 40.8 Å². The van der Waals surface area contributed by atoms with Crippen LogP contribution in [-0.4, -0.2) is 16.6 Å². The van der Waals surface area contributed by atoms with E-state index in [0.29, 0.717) is 11.5 Å². The summed E-state index contributed by atoms with van der Waals surface area (Å²) in [7, 11) is 0. The molecule has 20 heavy (non-hydrogen) atoms. The van der Waals surface area contributed by atoms with Crippen molar-refractivity contribution in [2.75, 3.05) is 0 Å². The minimum atomic E-state index is -0.189. The third kappa shape index (κ3) is 3.53. The van der Waals surface area contributed by atoms with Crippen LogP contribution in [-0.2, 0) is 0 Å². The quantitative estimate of drug-likeness (QED) is 0.839. The van der Waals surface area contributed by atoms with Gasteiger partial charge in [-0.15, -0.1) is 0 Å². The number of nitrogens with zero attached hydrogens (tertiary/aromatic N) is 2. The van der Waals surface area contributed by atoms with E-state index in [1.807, 2.05) is 0 Å². The zero-order valence-corrected chi connectivity index (χ0v) is 12.3. The summed E-state index contributed by atoms with van der Waals surface area (Å²) in [5, 5.41) is 4.35. The summed E-state index contributed by atoms with van der Waals surface area (Å²) in [4.78, 5) is 15.9. The van der Waals surface area contributed by atoms with Crippen LogP contribution < -0.4 is 5.43 Å². The number of rotatable bonds is 2. The molecule has 1 atom stereocenters. The molecule has 0 aliphatic heterocycles. The fourth-order valence-corrected chi connectivity index (χ4v) is 2.43. The Labute approximate surface area is 120 Å². The lowest BCUT2D eigenvalue weighted by molar-refractivity contribution is 0.0954. The number of amides is 1. The molecule has 1 unspecified atom stereocenters. The summed E-state index contributed by atoms with van der Waals surface area (Å²) in [6.45, 7) is 6.43. The lowest BCUT2D eigenvalue weighted by Crippen LogP contribution is -2.24. The van der Waals surface area contributed by atoms with Crippen LogP contribution in [0.4, 0.5) is 0 Å². The van der Waals surface area contributed by atoms with Crippen molar-refractivity contribution in [1.82, 2.24) is 10.4 Å². The van der Waals surface area contributed by atoms with Gasteiger partial charge in [0, 0.05) is 18.0 Å². The maximum atomic E-state index is 12.0. The topological polar surface area (TPSA) is 54.4 Å². The molecule has 1 aliphatic rings. The number of carbonyl (C=O) groups is 1. The van der Waals surface area contributed by atoms with Crippen LogP contribution in [0.2, 0.25) is 0 Å². The van der Waals surface area contributed by atoms with E-state index in [9.17, 15) is 4.79 Å². The molecule has 0 saturated heterocycles. The van der Waals surface area contributed by atoms with Crippen molar-refractivity contribution in [3.8, 4) is 0 Å². The zero-order chi connectivity index (χ0) is 14.5. The largest absolute Gasteiger partial charge is 0.271 e. The van der Waals surface area contributed by atoms with Crippen molar-refractivity contribution in [3.63, 3.8) is 0 Å². The SMILES string of the molecule is CC(C)=C1CCC(C)C/C1=N\NC(=O)c1ccncc1. The van der Waals surface area contributed by atoms with E-state index in [1.54, 1.807) is 24.5 Å². The van der Waals surface area contributed by atoms with Crippen LogP contribution in [0.25, 0.3) is 0 Å². The first-order chi connectivity index (χ1) is 9.58. The molecule has 1 amide bonds. The predicted molar refractivity (Wildman–Crippen MR) is 80.5 cm³/mol. The van der Waals surface area contributed by atoms with Crippen molar-refractivity contribution in [2.24, 2.45) is 11.0 Å². The Kier molecular flexibility index (Phi) is 4.66. The highest BCUT2D eigenvalue weighted by atomic mass is 16.2. The fourth-order valence-electron chi connectivity index (χ4n) is 2.43. The summed E-state index contributed by atoms with van der Waals surface area (Å²) >= 11 is 0. The third-order valence-corrected chi connectivity index (χ3v) is 3.62. The molecular formula is C16H21N3O. The summed E-state index contributed by atoms with van der Waals surface area (Å²) in [6.07, 6.45) is 6.38. The molecule has 1 fully saturated rings. The monoisotopic (exact) mass is 271 g/mol. The molecule has 2 rings (SSSR count). The number of hydrogen-bond acceptors (Lipinski definition) is 3. The Balaban J connectivity index is 2.13. The van der Waals surface area contributed by atoms with Crippen molar-refractivity contribution in [3.05, 3.63) is 41.2 Å². The Hall–Kier alpha value is -1.97. The van der Waals surface area contributed by atoms with Gasteiger partial charge < -0.3 is 0 Å². The van der Waals surface area contributed by atoms with Gasteiger partial charge in [0.15, 0.2) is 0 Å². The summed E-state index contributed by atoms with van der Waals surface area (Å²) in [6, 6.07) is 3.36. The maximum absolute atomic E-state index is 12.0. The van der Waals surface area contributed by atoms with Gasteiger partial charge >= 0.3 is 0 Å². The number of pyridine rings is 1. The van der Waals surface area contributed by atoms with E-state index in [4.69, 9.17) is 0 Å². The van der Waals surface area contributed by atoms with Crippen LogP contribution in [0.3, 0.4) is 0 Å². The molecular weight excluding hydrogens is 250 g/mol. The third-order valence-electron chi connectivity index (χ3n) is 3.62. The molecule has 1 N–H and O–H groups in total. The molecule has 1 heterocycles. The molecule has 1 aliphatic carbocycles. The molecule has 0 aromatic carbocycles. The molecule has 1 aromatic rings. The Morgan fingerprint density at radius 3 is 2.70 bits per heavy atom. The molecule has 106 valence electrons. The fraction of sp³-hybridized carbons (Fsp3) is 0.438. The highest BCUT2D eigenvalue weighted by Gasteiger charge is 2.20. The van der Waals surface area contributed by atoms with E-state index >= 15 is 0 Å². The van der Waals surface area contributed by atoms with E-state index in [-0.39, 0.29) is 5.91 Å². The average molecular weight is 271 g/mol. The van der Waals surface area contributed by atoms with Crippen molar-refractivity contribution in [2.45, 2.75) is 40.0 Å². The first-order valence-electron chi connectivity index (χ1n) is 7.01. The summed E-state index contributed by atoms with van der Waals surface area (Å²) in [5.41, 5.74) is 6.83. The first kappa shape index (κ1) is 14.4. The maximum Gasteiger partial charge on any atom is 0.271 e. The summed E-state index contributed by atoms with van der Waals surface area (Å²) < 4.78 is 0. The summed E-state index contributed by atoms with van der Waals surface area (Å²) in [5.74, 6) is 0.431. The number of nitrogens with one attached hydrogen (secondary N) is 1. The average Bonchev–Trinajstić information content (AvgIpc) is 2.45. The van der Waals surface area contributed by atoms with Gasteiger partial charge in [0.25, 0.3) is 5.91 Å². The minimum Gasteiger partial charge on any atom is -0.267 e. The van der Waals surface area contributed by atoms with Crippen LogP contribution in [0.1, 0.15) is 50.4 Å². The number of carbonyl (C=O) groups excluding carboxylic acids is 1. The Bertz CT molecular complexity index is 542. The molecule has 4 nitrogen and oxygen atoms in total. The Morgan fingerprint density at radius 1 is 1.35 bits per heavy atom. The standard InChI is InChI=1S/C16H21N3O/c1-11(2)14-5-4-12(3)10-15(14)18-19-16(20)13-6-8-17-9-7-13/h6-9,12H,4-5,10H2,1-3H3,(H,19,20)/b18-15+. The smallest absolute Gasteiger partial charge is 0.267 e. The van der Waals surface area contributed by atoms with Gasteiger partial charge in [-0.3, -0.25) is 9.78 Å². The first-order valence-corrected chi connectivity index (χ1v) is 7.01. The highest BCUT2D eigenvalue weighted by molar-refractivity contribution is 6.03. The van der Waals surface area contributed by atoms with Gasteiger partial charge in [0.2, 0.25) is 0 Å². The number of hydrogen-bond donors (Lipinski definition) is 1. The molecule has 0 bridgehead atoms. The van der Waals surface area contributed by atoms with E-state index in [0.717, 1.165) is 18.6 Å². The van der Waals surface area contributed by atoms with Crippen molar-refractivity contribution >= 4 is 11.6 Å². The van der Waals surface area contributed by atoms with E-state index < -0.39 is 0 Å². The zero-order valence-electron chi connectivity index (χ0n) is 12.3. The second kappa shape index (κ2) is 6.46. The second-order valence-electron chi connectivity index (χ2n) is 5.56. The predicted octanol–water partition coefficient (Wildman–Crippen LogP) is 3.32. The van der Waals surface area contributed by atoms with Crippen molar-refractivity contribution < 1.29 is 4.79 Å². The van der Waals surface area contributed by atoms with Gasteiger partial charge in [-0.05, 0) is 56.7 Å². The molecule has 1 saturated carbocycles. The van der Waals surface area contributed by atoms with Crippen LogP contribution >= 0.6 is 0 Å². The molecule has 1 aromatic heterocycles. The van der Waals surface area contributed by atoms with Gasteiger partial charge in [-0.1, -0.05) is 12.5 Å². The van der Waals surface area contributed by atoms with Gasteiger partial charge in [-0.25, -0.2) is 5.43 Å². The van der Waals surface area contributed by atoms with Crippen LogP contribution in [0.5, 0.6) is 0 Å².